The summed E-state index contributed by atoms with van der Waals surface area (Å²) in [6, 6.07) is 16.4. The Bertz CT molecular complexity index is 1010. The molecule has 2 heterocycles. The first kappa shape index (κ1) is 20.4. The number of amides is 1. The molecule has 4 rings (SSSR count). The molecule has 0 bridgehead atoms. The maximum absolute atomic E-state index is 12.9. The highest BCUT2D eigenvalue weighted by molar-refractivity contribution is 7.13. The molecule has 0 aliphatic carbocycles. The molecule has 1 aliphatic heterocycles. The van der Waals surface area contributed by atoms with Gasteiger partial charge in [-0.1, -0.05) is 12.1 Å². The molecule has 1 amide bonds. The lowest BCUT2D eigenvalue weighted by atomic mass is 10.2. The first-order valence-electron chi connectivity index (χ1n) is 10.3. The van der Waals surface area contributed by atoms with Gasteiger partial charge in [0.1, 0.15) is 16.5 Å². The molecule has 0 saturated carbocycles. The molecule has 0 spiro atoms. The molecule has 2 aromatic carbocycles. The van der Waals surface area contributed by atoms with Gasteiger partial charge >= 0.3 is 0 Å². The number of ether oxygens (including phenoxy) is 1. The Morgan fingerprint density at radius 3 is 2.47 bits per heavy atom. The molecule has 1 aliphatic rings. The minimum absolute atomic E-state index is 0.0150. The van der Waals surface area contributed by atoms with Crippen LogP contribution in [0, 0.1) is 6.92 Å². The van der Waals surface area contributed by atoms with Crippen LogP contribution in [0.5, 0.6) is 5.75 Å². The van der Waals surface area contributed by atoms with Crippen LogP contribution < -0.4 is 9.64 Å². The lowest BCUT2D eigenvalue weighted by molar-refractivity contribution is 0.0742. The Hall–Kier alpha value is -2.86. The van der Waals surface area contributed by atoms with E-state index in [1.807, 2.05) is 48.4 Å². The van der Waals surface area contributed by atoms with Crippen molar-refractivity contribution in [1.29, 1.82) is 0 Å². The van der Waals surface area contributed by atoms with Gasteiger partial charge in [-0.15, -0.1) is 11.3 Å². The number of benzene rings is 2. The SMILES string of the molecule is Cc1cccc(N2CCN(C(=O)c3csc(-c4ccc(OC(C)C)cc4)n3)CC2)c1. The van der Waals surface area contributed by atoms with Crippen LogP contribution in [0.15, 0.2) is 53.9 Å². The van der Waals surface area contributed by atoms with Gasteiger partial charge in [0.05, 0.1) is 6.10 Å². The van der Waals surface area contributed by atoms with Gasteiger partial charge in [-0.05, 0) is 62.7 Å². The van der Waals surface area contributed by atoms with Crippen LogP contribution in [-0.2, 0) is 0 Å². The van der Waals surface area contributed by atoms with Crippen LogP contribution in [0.4, 0.5) is 5.69 Å². The van der Waals surface area contributed by atoms with E-state index in [1.54, 1.807) is 0 Å². The second kappa shape index (κ2) is 8.88. The summed E-state index contributed by atoms with van der Waals surface area (Å²) in [5.74, 6) is 0.856. The molecule has 0 unspecified atom stereocenters. The predicted octanol–water partition coefficient (Wildman–Crippen LogP) is 4.87. The van der Waals surface area contributed by atoms with E-state index in [1.165, 1.54) is 22.6 Å². The number of hydrogen-bond donors (Lipinski definition) is 0. The Labute approximate surface area is 181 Å². The zero-order chi connectivity index (χ0) is 21.1. The lowest BCUT2D eigenvalue weighted by Gasteiger charge is -2.36. The van der Waals surface area contributed by atoms with Gasteiger partial charge in [-0.25, -0.2) is 4.98 Å². The van der Waals surface area contributed by atoms with Crippen LogP contribution in [-0.4, -0.2) is 48.1 Å². The van der Waals surface area contributed by atoms with E-state index in [0.29, 0.717) is 18.8 Å². The number of thiazole rings is 1. The number of carbonyl (C=O) groups is 1. The summed E-state index contributed by atoms with van der Waals surface area (Å²) in [4.78, 5) is 21.8. The second-order valence-electron chi connectivity index (χ2n) is 7.85. The molecule has 0 N–H and O–H groups in total. The topological polar surface area (TPSA) is 45.7 Å². The molecular weight excluding hydrogens is 394 g/mol. The van der Waals surface area contributed by atoms with Crippen molar-refractivity contribution >= 4 is 22.9 Å². The van der Waals surface area contributed by atoms with E-state index < -0.39 is 0 Å². The van der Waals surface area contributed by atoms with Crippen molar-refractivity contribution in [3.05, 3.63) is 65.2 Å². The Morgan fingerprint density at radius 1 is 1.07 bits per heavy atom. The summed E-state index contributed by atoms with van der Waals surface area (Å²) in [5.41, 5.74) is 4.01. The minimum Gasteiger partial charge on any atom is -0.491 e. The van der Waals surface area contributed by atoms with Gasteiger partial charge < -0.3 is 14.5 Å². The number of aryl methyl sites for hydroxylation is 1. The number of carbonyl (C=O) groups excluding carboxylic acids is 1. The van der Waals surface area contributed by atoms with E-state index in [4.69, 9.17) is 4.74 Å². The molecule has 0 atom stereocenters. The maximum atomic E-state index is 12.9. The van der Waals surface area contributed by atoms with Crippen LogP contribution in [0.2, 0.25) is 0 Å². The normalized spacial score (nSPS) is 14.3. The molecule has 5 nitrogen and oxygen atoms in total. The summed E-state index contributed by atoms with van der Waals surface area (Å²) in [5, 5.41) is 2.72. The zero-order valence-electron chi connectivity index (χ0n) is 17.7. The number of anilines is 1. The fourth-order valence-electron chi connectivity index (χ4n) is 3.61. The van der Waals surface area contributed by atoms with Crippen molar-refractivity contribution in [2.45, 2.75) is 26.9 Å². The quantitative estimate of drug-likeness (QED) is 0.590. The van der Waals surface area contributed by atoms with E-state index in [-0.39, 0.29) is 12.0 Å². The zero-order valence-corrected chi connectivity index (χ0v) is 18.5. The average Bonchev–Trinajstić information content (AvgIpc) is 3.24. The first-order chi connectivity index (χ1) is 14.5. The molecular formula is C24H27N3O2S. The number of aromatic nitrogens is 1. The standard InChI is InChI=1S/C24H27N3O2S/c1-17(2)29-21-9-7-19(8-10-21)23-25-22(16-30-23)24(28)27-13-11-26(12-14-27)20-6-4-5-18(3)15-20/h4-10,15-17H,11-14H2,1-3H3. The third-order valence-corrected chi connectivity index (χ3v) is 6.02. The Balaban J connectivity index is 1.39. The smallest absolute Gasteiger partial charge is 0.273 e. The second-order valence-corrected chi connectivity index (χ2v) is 8.71. The average molecular weight is 422 g/mol. The molecule has 156 valence electrons. The van der Waals surface area contributed by atoms with Crippen molar-refractivity contribution in [3.8, 4) is 16.3 Å². The third kappa shape index (κ3) is 4.65. The number of rotatable bonds is 5. The largest absolute Gasteiger partial charge is 0.491 e. The highest BCUT2D eigenvalue weighted by atomic mass is 32.1. The van der Waals surface area contributed by atoms with E-state index >= 15 is 0 Å². The Morgan fingerprint density at radius 2 is 1.80 bits per heavy atom. The number of piperazine rings is 1. The first-order valence-corrected chi connectivity index (χ1v) is 11.2. The summed E-state index contributed by atoms with van der Waals surface area (Å²) in [7, 11) is 0. The molecule has 0 radical (unpaired) electrons. The van der Waals surface area contributed by atoms with Gasteiger partial charge in [0.25, 0.3) is 5.91 Å². The predicted molar refractivity (Wildman–Crippen MR) is 123 cm³/mol. The van der Waals surface area contributed by atoms with Crippen LogP contribution >= 0.6 is 11.3 Å². The minimum atomic E-state index is 0.0150. The summed E-state index contributed by atoms with van der Waals surface area (Å²) >= 11 is 1.50. The molecule has 1 aromatic heterocycles. The van der Waals surface area contributed by atoms with Crippen LogP contribution in [0.1, 0.15) is 29.9 Å². The van der Waals surface area contributed by atoms with Gasteiger partial charge in [-0.2, -0.15) is 0 Å². The summed E-state index contributed by atoms with van der Waals surface area (Å²) < 4.78 is 5.69. The monoisotopic (exact) mass is 421 g/mol. The molecule has 30 heavy (non-hydrogen) atoms. The summed E-state index contributed by atoms with van der Waals surface area (Å²) in [6.07, 6.45) is 0.145. The van der Waals surface area contributed by atoms with E-state index in [2.05, 4.69) is 41.1 Å². The highest BCUT2D eigenvalue weighted by Crippen LogP contribution is 2.27. The van der Waals surface area contributed by atoms with E-state index in [0.717, 1.165) is 29.4 Å². The third-order valence-electron chi connectivity index (χ3n) is 5.13. The highest BCUT2D eigenvalue weighted by Gasteiger charge is 2.24. The van der Waals surface area contributed by atoms with Crippen LogP contribution in [0.3, 0.4) is 0 Å². The van der Waals surface area contributed by atoms with Crippen molar-refractivity contribution in [2.24, 2.45) is 0 Å². The molecule has 6 heteroatoms. The fraction of sp³-hybridized carbons (Fsp3) is 0.333. The van der Waals surface area contributed by atoms with Crippen LogP contribution in [0.25, 0.3) is 10.6 Å². The lowest BCUT2D eigenvalue weighted by Crippen LogP contribution is -2.48. The van der Waals surface area contributed by atoms with Gasteiger partial charge in [0.15, 0.2) is 0 Å². The Kier molecular flexibility index (Phi) is 6.04. The number of hydrogen-bond acceptors (Lipinski definition) is 5. The van der Waals surface area contributed by atoms with Crippen molar-refractivity contribution in [2.75, 3.05) is 31.1 Å². The van der Waals surface area contributed by atoms with Crippen molar-refractivity contribution in [3.63, 3.8) is 0 Å². The molecule has 1 fully saturated rings. The van der Waals surface area contributed by atoms with Crippen molar-refractivity contribution in [1.82, 2.24) is 9.88 Å². The molecule has 1 saturated heterocycles. The fourth-order valence-corrected chi connectivity index (χ4v) is 4.41. The van der Waals surface area contributed by atoms with Gasteiger partial charge in [-0.3, -0.25) is 4.79 Å². The maximum Gasteiger partial charge on any atom is 0.273 e. The summed E-state index contributed by atoms with van der Waals surface area (Å²) in [6.45, 7) is 9.21. The molecule has 3 aromatic rings. The van der Waals surface area contributed by atoms with Crippen molar-refractivity contribution < 1.29 is 9.53 Å². The van der Waals surface area contributed by atoms with Gasteiger partial charge in [0, 0.05) is 42.8 Å². The number of nitrogens with zero attached hydrogens (tertiary/aromatic N) is 3. The van der Waals surface area contributed by atoms with Gasteiger partial charge in [0.2, 0.25) is 0 Å². The van der Waals surface area contributed by atoms with E-state index in [9.17, 15) is 4.79 Å².